The standard InChI is InChI=1S/C27H32N2O/c1-16-12-18(3)26(19(4)13-16)28-22(7)24-10-9-11-25(30-24)23(8)29-27-20(5)14-17(2)15-21(27)6/h10-15H,9H2,1-8H3/b28-22+,29-23+. The number of benzene rings is 2. The molecule has 0 N–H and O–H groups in total. The Labute approximate surface area is 180 Å². The maximum Gasteiger partial charge on any atom is 0.145 e. The van der Waals surface area contributed by atoms with E-state index in [0.29, 0.717) is 0 Å². The van der Waals surface area contributed by atoms with Crippen molar-refractivity contribution < 1.29 is 4.74 Å². The monoisotopic (exact) mass is 400 g/mol. The van der Waals surface area contributed by atoms with Crippen LogP contribution in [0.15, 0.2) is 57.9 Å². The number of hydrogen-bond acceptors (Lipinski definition) is 3. The van der Waals surface area contributed by atoms with Crippen LogP contribution < -0.4 is 0 Å². The Morgan fingerprint density at radius 2 is 0.967 bits per heavy atom. The lowest BCUT2D eigenvalue weighted by Crippen LogP contribution is -2.11. The Kier molecular flexibility index (Phi) is 6.40. The average Bonchev–Trinajstić information content (AvgIpc) is 2.67. The van der Waals surface area contributed by atoms with E-state index in [-0.39, 0.29) is 0 Å². The molecule has 0 amide bonds. The summed E-state index contributed by atoms with van der Waals surface area (Å²) in [5, 5.41) is 0. The molecule has 0 radical (unpaired) electrons. The quantitative estimate of drug-likeness (QED) is 0.486. The van der Waals surface area contributed by atoms with Gasteiger partial charge < -0.3 is 4.74 Å². The first kappa shape index (κ1) is 21.8. The van der Waals surface area contributed by atoms with E-state index in [0.717, 1.165) is 40.7 Å². The van der Waals surface area contributed by atoms with E-state index in [1.165, 1.54) is 33.4 Å². The molecule has 30 heavy (non-hydrogen) atoms. The maximum absolute atomic E-state index is 6.22. The van der Waals surface area contributed by atoms with E-state index in [1.807, 2.05) is 13.8 Å². The SMILES string of the molecule is C/C(=N\c1c(C)cc(C)cc1C)C1=CCC=C(/C(C)=N/c2c(C)cc(C)cc2C)O1. The van der Waals surface area contributed by atoms with Crippen LogP contribution in [-0.2, 0) is 4.74 Å². The van der Waals surface area contributed by atoms with Gasteiger partial charge in [-0.3, -0.25) is 0 Å². The number of aryl methyl sites for hydroxylation is 6. The van der Waals surface area contributed by atoms with E-state index < -0.39 is 0 Å². The van der Waals surface area contributed by atoms with Gasteiger partial charge in [-0.25, -0.2) is 9.98 Å². The van der Waals surface area contributed by atoms with Crippen molar-refractivity contribution in [3.8, 4) is 0 Å². The highest BCUT2D eigenvalue weighted by atomic mass is 16.5. The highest BCUT2D eigenvalue weighted by Gasteiger charge is 2.15. The molecular formula is C27H32N2O. The number of allylic oxidation sites excluding steroid dienone is 4. The van der Waals surface area contributed by atoms with Crippen molar-refractivity contribution in [3.05, 3.63) is 81.3 Å². The third-order valence-electron chi connectivity index (χ3n) is 5.37. The van der Waals surface area contributed by atoms with E-state index >= 15 is 0 Å². The van der Waals surface area contributed by atoms with Gasteiger partial charge in [0.25, 0.3) is 0 Å². The van der Waals surface area contributed by atoms with Crippen LogP contribution in [0, 0.1) is 41.5 Å². The second-order valence-corrected chi connectivity index (χ2v) is 8.36. The lowest BCUT2D eigenvalue weighted by Gasteiger charge is -2.18. The fourth-order valence-electron chi connectivity index (χ4n) is 4.06. The minimum atomic E-state index is 0.804. The molecule has 0 spiro atoms. The van der Waals surface area contributed by atoms with Gasteiger partial charge >= 0.3 is 0 Å². The van der Waals surface area contributed by atoms with Crippen LogP contribution in [0.25, 0.3) is 0 Å². The summed E-state index contributed by atoms with van der Waals surface area (Å²) in [6.07, 6.45) is 4.97. The summed E-state index contributed by atoms with van der Waals surface area (Å²) in [5.74, 6) is 1.61. The molecule has 0 saturated heterocycles. The zero-order chi connectivity index (χ0) is 22.0. The molecule has 0 unspecified atom stereocenters. The second kappa shape index (κ2) is 8.83. The molecule has 0 fully saturated rings. The van der Waals surface area contributed by atoms with Gasteiger partial charge in [-0.15, -0.1) is 0 Å². The number of aliphatic imine (C=N–C) groups is 2. The number of rotatable bonds is 4. The lowest BCUT2D eigenvalue weighted by molar-refractivity contribution is 0.343. The van der Waals surface area contributed by atoms with Gasteiger partial charge in [0, 0.05) is 0 Å². The highest BCUT2D eigenvalue weighted by molar-refractivity contribution is 6.02. The average molecular weight is 401 g/mol. The molecule has 1 aliphatic rings. The van der Waals surface area contributed by atoms with E-state index in [2.05, 4.69) is 78.0 Å². The minimum Gasteiger partial charge on any atom is -0.454 e. The summed E-state index contributed by atoms with van der Waals surface area (Å²) in [7, 11) is 0. The third-order valence-corrected chi connectivity index (χ3v) is 5.37. The van der Waals surface area contributed by atoms with Crippen molar-refractivity contribution >= 4 is 22.8 Å². The summed E-state index contributed by atoms with van der Waals surface area (Å²) in [4.78, 5) is 9.79. The predicted molar refractivity (Wildman–Crippen MR) is 129 cm³/mol. The fraction of sp³-hybridized carbons (Fsp3) is 0.333. The second-order valence-electron chi connectivity index (χ2n) is 8.36. The van der Waals surface area contributed by atoms with Crippen molar-refractivity contribution in [2.24, 2.45) is 9.98 Å². The smallest absolute Gasteiger partial charge is 0.145 e. The summed E-state index contributed by atoms with van der Waals surface area (Å²) >= 11 is 0. The molecule has 3 nitrogen and oxygen atoms in total. The molecule has 3 heteroatoms. The lowest BCUT2D eigenvalue weighted by atomic mass is 10.0. The third kappa shape index (κ3) is 4.79. The Balaban J connectivity index is 1.85. The zero-order valence-corrected chi connectivity index (χ0v) is 19.5. The van der Waals surface area contributed by atoms with E-state index in [4.69, 9.17) is 14.7 Å². The van der Waals surface area contributed by atoms with Crippen molar-refractivity contribution in [2.75, 3.05) is 0 Å². The minimum absolute atomic E-state index is 0.804. The first-order valence-corrected chi connectivity index (χ1v) is 10.5. The molecule has 0 atom stereocenters. The van der Waals surface area contributed by atoms with Gasteiger partial charge in [0.05, 0.1) is 22.8 Å². The summed E-state index contributed by atoms with van der Waals surface area (Å²) in [6.45, 7) is 16.7. The molecule has 2 aromatic rings. The van der Waals surface area contributed by atoms with Crippen LogP contribution in [0.3, 0.4) is 0 Å². The topological polar surface area (TPSA) is 34.0 Å². The number of nitrogens with zero attached hydrogens (tertiary/aromatic N) is 2. The predicted octanol–water partition coefficient (Wildman–Crippen LogP) is 7.61. The molecular weight excluding hydrogens is 368 g/mol. The van der Waals surface area contributed by atoms with Gasteiger partial charge in [0.1, 0.15) is 11.5 Å². The fourth-order valence-corrected chi connectivity index (χ4v) is 4.06. The van der Waals surface area contributed by atoms with Gasteiger partial charge in [0.15, 0.2) is 0 Å². The largest absolute Gasteiger partial charge is 0.454 e. The number of ether oxygens (including phenoxy) is 1. The zero-order valence-electron chi connectivity index (χ0n) is 19.5. The molecule has 2 aromatic carbocycles. The van der Waals surface area contributed by atoms with Crippen LogP contribution in [0.2, 0.25) is 0 Å². The van der Waals surface area contributed by atoms with Crippen molar-refractivity contribution in [1.29, 1.82) is 0 Å². The van der Waals surface area contributed by atoms with Gasteiger partial charge in [0.2, 0.25) is 0 Å². The first-order valence-electron chi connectivity index (χ1n) is 10.5. The highest BCUT2D eigenvalue weighted by Crippen LogP contribution is 2.29. The summed E-state index contributed by atoms with van der Waals surface area (Å²) < 4.78 is 6.22. The van der Waals surface area contributed by atoms with Crippen LogP contribution in [-0.4, -0.2) is 11.4 Å². The summed E-state index contributed by atoms with van der Waals surface area (Å²) in [5.41, 5.74) is 11.1. The molecule has 0 bridgehead atoms. The Bertz CT molecular complexity index is 980. The number of hydrogen-bond donors (Lipinski definition) is 0. The molecule has 1 heterocycles. The molecule has 0 aliphatic carbocycles. The Morgan fingerprint density at radius 1 is 0.633 bits per heavy atom. The molecule has 1 aliphatic heterocycles. The Hall–Kier alpha value is -2.94. The normalized spacial score (nSPS) is 14.9. The summed E-state index contributed by atoms with van der Waals surface area (Å²) in [6, 6.07) is 8.68. The van der Waals surface area contributed by atoms with Crippen molar-refractivity contribution in [3.63, 3.8) is 0 Å². The van der Waals surface area contributed by atoms with Crippen LogP contribution in [0.5, 0.6) is 0 Å². The molecule has 156 valence electrons. The first-order chi connectivity index (χ1) is 14.2. The van der Waals surface area contributed by atoms with Crippen molar-refractivity contribution in [1.82, 2.24) is 0 Å². The van der Waals surface area contributed by atoms with Gasteiger partial charge in [-0.2, -0.15) is 0 Å². The van der Waals surface area contributed by atoms with Gasteiger partial charge in [-0.05, 0) is 96.2 Å². The van der Waals surface area contributed by atoms with Gasteiger partial charge in [-0.1, -0.05) is 35.4 Å². The molecule has 0 saturated carbocycles. The molecule has 3 rings (SSSR count). The maximum atomic E-state index is 6.22. The van der Waals surface area contributed by atoms with Crippen LogP contribution >= 0.6 is 0 Å². The Morgan fingerprint density at radius 3 is 1.30 bits per heavy atom. The van der Waals surface area contributed by atoms with E-state index in [1.54, 1.807) is 0 Å². The van der Waals surface area contributed by atoms with Crippen molar-refractivity contribution in [2.45, 2.75) is 61.8 Å². The van der Waals surface area contributed by atoms with E-state index in [9.17, 15) is 0 Å². The van der Waals surface area contributed by atoms with Crippen LogP contribution in [0.1, 0.15) is 53.6 Å². The van der Waals surface area contributed by atoms with Crippen LogP contribution in [0.4, 0.5) is 11.4 Å². The molecule has 0 aromatic heterocycles.